The Kier molecular flexibility index (Phi) is 3.40. The number of halogens is 1. The van der Waals surface area contributed by atoms with Crippen LogP contribution in [0.15, 0.2) is 42.6 Å². The number of rotatable bonds is 2. The van der Waals surface area contributed by atoms with E-state index in [4.69, 9.17) is 0 Å². The van der Waals surface area contributed by atoms with Gasteiger partial charge < -0.3 is 4.90 Å². The second-order valence-electron chi connectivity index (χ2n) is 6.57. The molecule has 1 aromatic heterocycles. The van der Waals surface area contributed by atoms with E-state index in [1.54, 1.807) is 12.3 Å². The number of likely N-dealkylation sites (tertiary alicyclic amines) is 1. The van der Waals surface area contributed by atoms with E-state index in [0.717, 1.165) is 29.7 Å². The van der Waals surface area contributed by atoms with Gasteiger partial charge in [0.1, 0.15) is 5.82 Å². The quantitative estimate of drug-likeness (QED) is 0.849. The van der Waals surface area contributed by atoms with E-state index >= 15 is 0 Å². The molecule has 4 rings (SSSR count). The number of pyridine rings is 1. The highest BCUT2D eigenvalue weighted by Crippen LogP contribution is 2.45. The summed E-state index contributed by atoms with van der Waals surface area (Å²) < 4.78 is 13.3. The number of fused-ring (bicyclic) bond motifs is 1. The van der Waals surface area contributed by atoms with E-state index in [0.29, 0.717) is 12.0 Å². The smallest absolute Gasteiger partial charge is 0.232 e. The van der Waals surface area contributed by atoms with Crippen molar-refractivity contribution in [1.29, 1.82) is 0 Å². The Balaban J connectivity index is 1.65. The fourth-order valence-corrected chi connectivity index (χ4v) is 4.18. The van der Waals surface area contributed by atoms with Crippen molar-refractivity contribution in [2.45, 2.75) is 31.2 Å². The minimum Gasteiger partial charge on any atom is -0.342 e. The Morgan fingerprint density at radius 1 is 1.17 bits per heavy atom. The number of carbonyl (C=O) groups is 1. The van der Waals surface area contributed by atoms with Gasteiger partial charge in [-0.3, -0.25) is 9.78 Å². The van der Waals surface area contributed by atoms with Crippen molar-refractivity contribution in [2.24, 2.45) is 5.92 Å². The molecule has 1 saturated carbocycles. The maximum atomic E-state index is 13.3. The van der Waals surface area contributed by atoms with E-state index in [-0.39, 0.29) is 17.6 Å². The standard InChI is InChI=1S/C19H19FN2O/c1-22-17-7-3-6-15(17)18(19(22)23)16-9-8-13(11-21-16)12-4-2-5-14(20)10-12/h2,4-5,8-11,15,17-18H,3,6-7H2,1H3/t15-,17+,18-/m1/s1. The Hall–Kier alpha value is -2.23. The summed E-state index contributed by atoms with van der Waals surface area (Å²) in [6, 6.07) is 10.7. The molecule has 2 aliphatic rings. The molecule has 2 heterocycles. The number of hydrogen-bond donors (Lipinski definition) is 0. The third-order valence-corrected chi connectivity index (χ3v) is 5.33. The van der Waals surface area contributed by atoms with Gasteiger partial charge in [0.15, 0.2) is 0 Å². The monoisotopic (exact) mass is 310 g/mol. The average molecular weight is 310 g/mol. The summed E-state index contributed by atoms with van der Waals surface area (Å²) in [4.78, 5) is 19.0. The maximum Gasteiger partial charge on any atom is 0.232 e. The van der Waals surface area contributed by atoms with Gasteiger partial charge >= 0.3 is 0 Å². The number of carbonyl (C=O) groups excluding carboxylic acids is 1. The third-order valence-electron chi connectivity index (χ3n) is 5.33. The summed E-state index contributed by atoms with van der Waals surface area (Å²) in [5.74, 6) is 0.202. The number of benzene rings is 1. The predicted molar refractivity (Wildman–Crippen MR) is 86.3 cm³/mol. The first-order valence-corrected chi connectivity index (χ1v) is 8.14. The molecule has 1 amide bonds. The van der Waals surface area contributed by atoms with Crippen molar-refractivity contribution in [2.75, 3.05) is 7.05 Å². The Labute approximate surface area is 135 Å². The zero-order valence-corrected chi connectivity index (χ0v) is 13.1. The molecule has 0 N–H and O–H groups in total. The molecular formula is C19H19FN2O. The zero-order chi connectivity index (χ0) is 16.0. The molecule has 3 nitrogen and oxygen atoms in total. The Bertz CT molecular complexity index is 743. The van der Waals surface area contributed by atoms with Crippen molar-refractivity contribution < 1.29 is 9.18 Å². The summed E-state index contributed by atoms with van der Waals surface area (Å²) in [6.45, 7) is 0. The van der Waals surface area contributed by atoms with Crippen LogP contribution in [0.1, 0.15) is 30.9 Å². The van der Waals surface area contributed by atoms with Gasteiger partial charge in [-0.05, 0) is 42.5 Å². The maximum absolute atomic E-state index is 13.3. The molecule has 0 unspecified atom stereocenters. The molecule has 1 aliphatic heterocycles. The second-order valence-corrected chi connectivity index (χ2v) is 6.57. The second kappa shape index (κ2) is 5.44. The lowest BCUT2D eigenvalue weighted by atomic mass is 9.88. The van der Waals surface area contributed by atoms with Crippen LogP contribution >= 0.6 is 0 Å². The molecule has 0 bridgehead atoms. The van der Waals surface area contributed by atoms with Gasteiger partial charge in [0, 0.05) is 24.8 Å². The molecule has 3 atom stereocenters. The normalized spacial score (nSPS) is 26.6. The van der Waals surface area contributed by atoms with E-state index in [1.165, 1.54) is 18.6 Å². The van der Waals surface area contributed by atoms with Crippen LogP contribution in [0.3, 0.4) is 0 Å². The van der Waals surface area contributed by atoms with Gasteiger partial charge in [-0.15, -0.1) is 0 Å². The summed E-state index contributed by atoms with van der Waals surface area (Å²) in [5.41, 5.74) is 2.52. The predicted octanol–water partition coefficient (Wildman–Crippen LogP) is 3.61. The molecule has 2 fully saturated rings. The van der Waals surface area contributed by atoms with Gasteiger partial charge in [0.25, 0.3) is 0 Å². The van der Waals surface area contributed by atoms with Crippen molar-refractivity contribution >= 4 is 5.91 Å². The molecule has 1 aliphatic carbocycles. The zero-order valence-electron chi connectivity index (χ0n) is 13.1. The van der Waals surface area contributed by atoms with Crippen LogP contribution in [0.4, 0.5) is 4.39 Å². The summed E-state index contributed by atoms with van der Waals surface area (Å²) in [6.07, 6.45) is 5.13. The highest BCUT2D eigenvalue weighted by Gasteiger charge is 2.49. The molecule has 23 heavy (non-hydrogen) atoms. The van der Waals surface area contributed by atoms with Crippen LogP contribution in [0.5, 0.6) is 0 Å². The van der Waals surface area contributed by atoms with Crippen LogP contribution in [-0.2, 0) is 4.79 Å². The highest BCUT2D eigenvalue weighted by atomic mass is 19.1. The third kappa shape index (κ3) is 2.33. The molecule has 4 heteroatoms. The molecule has 118 valence electrons. The Morgan fingerprint density at radius 2 is 2.04 bits per heavy atom. The van der Waals surface area contributed by atoms with Gasteiger partial charge in [-0.2, -0.15) is 0 Å². The first-order chi connectivity index (χ1) is 11.1. The van der Waals surface area contributed by atoms with Gasteiger partial charge in [-0.1, -0.05) is 24.6 Å². The SMILES string of the molecule is CN1C(=O)[C@@H](c2ccc(-c3cccc(F)c3)cn2)[C@@H]2CCC[C@@H]21. The molecule has 1 saturated heterocycles. The van der Waals surface area contributed by atoms with Crippen LogP contribution in [-0.4, -0.2) is 28.9 Å². The van der Waals surface area contributed by atoms with Gasteiger partial charge in [0.2, 0.25) is 5.91 Å². The van der Waals surface area contributed by atoms with E-state index in [9.17, 15) is 9.18 Å². The average Bonchev–Trinajstić information content (AvgIpc) is 3.12. The topological polar surface area (TPSA) is 33.2 Å². The Morgan fingerprint density at radius 3 is 2.78 bits per heavy atom. The van der Waals surface area contributed by atoms with Crippen LogP contribution in [0, 0.1) is 11.7 Å². The molecular weight excluding hydrogens is 291 g/mol. The molecule has 0 spiro atoms. The summed E-state index contributed by atoms with van der Waals surface area (Å²) >= 11 is 0. The van der Waals surface area contributed by atoms with Gasteiger partial charge in [0.05, 0.1) is 11.6 Å². The molecule has 0 radical (unpaired) electrons. The number of likely N-dealkylation sites (N-methyl/N-ethyl adjacent to an activating group) is 1. The largest absolute Gasteiger partial charge is 0.342 e. The molecule has 2 aromatic rings. The number of nitrogens with zero attached hydrogens (tertiary/aromatic N) is 2. The minimum absolute atomic E-state index is 0.117. The number of hydrogen-bond acceptors (Lipinski definition) is 2. The minimum atomic E-state index is -0.257. The van der Waals surface area contributed by atoms with Crippen molar-refractivity contribution in [3.05, 3.63) is 54.1 Å². The lowest BCUT2D eigenvalue weighted by Crippen LogP contribution is -2.29. The van der Waals surface area contributed by atoms with E-state index in [2.05, 4.69) is 4.98 Å². The highest BCUT2D eigenvalue weighted by molar-refractivity contribution is 5.86. The lowest BCUT2D eigenvalue weighted by molar-refractivity contribution is -0.129. The van der Waals surface area contributed by atoms with E-state index in [1.807, 2.05) is 30.1 Å². The van der Waals surface area contributed by atoms with Crippen LogP contribution in [0.2, 0.25) is 0 Å². The van der Waals surface area contributed by atoms with Crippen LogP contribution < -0.4 is 0 Å². The summed E-state index contributed by atoms with van der Waals surface area (Å²) in [7, 11) is 1.91. The summed E-state index contributed by atoms with van der Waals surface area (Å²) in [5, 5.41) is 0. The first kappa shape index (κ1) is 14.4. The molecule has 1 aromatic carbocycles. The number of amides is 1. The van der Waals surface area contributed by atoms with Crippen molar-refractivity contribution in [3.63, 3.8) is 0 Å². The van der Waals surface area contributed by atoms with Crippen molar-refractivity contribution in [3.8, 4) is 11.1 Å². The number of aromatic nitrogens is 1. The van der Waals surface area contributed by atoms with Gasteiger partial charge in [-0.25, -0.2) is 4.39 Å². The van der Waals surface area contributed by atoms with Crippen molar-refractivity contribution in [1.82, 2.24) is 9.88 Å². The van der Waals surface area contributed by atoms with E-state index < -0.39 is 0 Å². The first-order valence-electron chi connectivity index (χ1n) is 8.14. The lowest BCUT2D eigenvalue weighted by Gasteiger charge is -2.17. The fraction of sp³-hybridized carbons (Fsp3) is 0.368. The van der Waals surface area contributed by atoms with Crippen LogP contribution in [0.25, 0.3) is 11.1 Å². The fourth-order valence-electron chi connectivity index (χ4n) is 4.18.